The Hall–Kier alpha value is -1.32. The van der Waals surface area contributed by atoms with Crippen molar-refractivity contribution in [3.63, 3.8) is 0 Å². The summed E-state index contributed by atoms with van der Waals surface area (Å²) in [7, 11) is 0. The zero-order chi connectivity index (χ0) is 17.5. The summed E-state index contributed by atoms with van der Waals surface area (Å²) in [4.78, 5) is 27.1. The molecule has 0 aromatic heterocycles. The molecule has 4 nitrogen and oxygen atoms in total. The van der Waals surface area contributed by atoms with Crippen LogP contribution in [0.1, 0.15) is 78.6 Å². The van der Waals surface area contributed by atoms with Gasteiger partial charge in [-0.2, -0.15) is 0 Å². The monoisotopic (exact) mass is 334 g/mol. The van der Waals surface area contributed by atoms with Crippen molar-refractivity contribution < 1.29 is 9.59 Å². The van der Waals surface area contributed by atoms with Crippen molar-refractivity contribution in [2.75, 3.05) is 6.54 Å². The number of urea groups is 1. The molecule has 1 heterocycles. The Morgan fingerprint density at radius 1 is 1.21 bits per heavy atom. The molecule has 1 aliphatic carbocycles. The van der Waals surface area contributed by atoms with E-state index in [0.717, 1.165) is 50.8 Å². The van der Waals surface area contributed by atoms with Gasteiger partial charge in [-0.25, -0.2) is 4.79 Å². The molecule has 4 heteroatoms. The molecule has 0 aromatic rings. The van der Waals surface area contributed by atoms with E-state index in [2.05, 4.69) is 32.2 Å². The molecule has 1 saturated heterocycles. The molecule has 1 fully saturated rings. The van der Waals surface area contributed by atoms with E-state index in [1.807, 2.05) is 4.90 Å². The first kappa shape index (κ1) is 19.0. The maximum Gasteiger partial charge on any atom is 0.328 e. The summed E-state index contributed by atoms with van der Waals surface area (Å²) < 4.78 is 0. The van der Waals surface area contributed by atoms with Crippen LogP contribution < -0.4 is 5.32 Å². The Labute approximate surface area is 147 Å². The van der Waals surface area contributed by atoms with Crippen molar-refractivity contribution in [1.29, 1.82) is 0 Å². The Morgan fingerprint density at radius 3 is 2.67 bits per heavy atom. The number of imide groups is 1. The lowest BCUT2D eigenvalue weighted by Crippen LogP contribution is -2.48. The van der Waals surface area contributed by atoms with Crippen molar-refractivity contribution in [2.24, 2.45) is 17.8 Å². The molecular weight excluding hydrogens is 300 g/mol. The molecule has 0 bridgehead atoms. The normalized spacial score (nSPS) is 21.9. The van der Waals surface area contributed by atoms with Gasteiger partial charge in [0.2, 0.25) is 5.91 Å². The summed E-state index contributed by atoms with van der Waals surface area (Å²) in [5.41, 5.74) is 1.16. The Morgan fingerprint density at radius 2 is 1.96 bits per heavy atom. The number of allylic oxidation sites excluding steroid dienone is 2. The maximum atomic E-state index is 12.7. The van der Waals surface area contributed by atoms with Crippen molar-refractivity contribution in [2.45, 2.75) is 78.6 Å². The van der Waals surface area contributed by atoms with Crippen LogP contribution in [0.2, 0.25) is 0 Å². The molecule has 0 radical (unpaired) electrons. The summed E-state index contributed by atoms with van der Waals surface area (Å²) in [6, 6.07) is -0.205. The van der Waals surface area contributed by atoms with Crippen LogP contribution in [0.25, 0.3) is 0 Å². The third kappa shape index (κ3) is 5.09. The fourth-order valence-corrected chi connectivity index (χ4v) is 3.96. The molecule has 136 valence electrons. The van der Waals surface area contributed by atoms with Gasteiger partial charge in [-0.3, -0.25) is 15.0 Å². The molecule has 0 spiro atoms. The number of carbonyl (C=O) groups is 2. The summed E-state index contributed by atoms with van der Waals surface area (Å²) >= 11 is 0. The number of rotatable bonds is 6. The van der Waals surface area contributed by atoms with Gasteiger partial charge < -0.3 is 0 Å². The Kier molecular flexibility index (Phi) is 7.32. The summed E-state index contributed by atoms with van der Waals surface area (Å²) in [6.07, 6.45) is 11.6. The fourth-order valence-electron chi connectivity index (χ4n) is 3.96. The van der Waals surface area contributed by atoms with Crippen molar-refractivity contribution >= 4 is 11.9 Å². The molecule has 0 aromatic carbocycles. The van der Waals surface area contributed by atoms with Gasteiger partial charge in [-0.15, -0.1) is 0 Å². The smallest absolute Gasteiger partial charge is 0.298 e. The lowest BCUT2D eigenvalue weighted by molar-refractivity contribution is -0.124. The van der Waals surface area contributed by atoms with Gasteiger partial charge in [0.25, 0.3) is 0 Å². The number of amides is 3. The molecule has 1 aliphatic heterocycles. The molecule has 1 N–H and O–H groups in total. The van der Waals surface area contributed by atoms with Crippen LogP contribution >= 0.6 is 0 Å². The molecule has 0 saturated carbocycles. The highest BCUT2D eigenvalue weighted by Crippen LogP contribution is 2.34. The summed E-state index contributed by atoms with van der Waals surface area (Å²) in [5.74, 6) is 0.979. The standard InChI is InChI=1S/C20H34N2O2/c1-4-8-17(13-12-15(2)3)19(23)21-20(24)22-14-7-10-16-9-5-6-11-18(16)22/h11,15-17H,4-10,12-14H2,1-3H3,(H,21,23,24)/t16?,17-/m0/s1. The van der Waals surface area contributed by atoms with Crippen LogP contribution in [0.5, 0.6) is 0 Å². The van der Waals surface area contributed by atoms with Gasteiger partial charge >= 0.3 is 6.03 Å². The predicted molar refractivity (Wildman–Crippen MR) is 97.4 cm³/mol. The highest BCUT2D eigenvalue weighted by molar-refractivity contribution is 5.96. The lowest BCUT2D eigenvalue weighted by Gasteiger charge is -2.37. The molecule has 2 aliphatic rings. The van der Waals surface area contributed by atoms with Crippen LogP contribution in [0.3, 0.4) is 0 Å². The zero-order valence-electron chi connectivity index (χ0n) is 15.6. The van der Waals surface area contributed by atoms with Crippen LogP contribution in [0.4, 0.5) is 4.79 Å². The number of hydrogen-bond acceptors (Lipinski definition) is 2. The molecular formula is C20H34N2O2. The second kappa shape index (κ2) is 9.24. The third-order valence-corrected chi connectivity index (χ3v) is 5.35. The van der Waals surface area contributed by atoms with Gasteiger partial charge in [0, 0.05) is 18.2 Å². The van der Waals surface area contributed by atoms with Gasteiger partial charge in [-0.05, 0) is 56.8 Å². The predicted octanol–water partition coefficient (Wildman–Crippen LogP) is 4.85. The quantitative estimate of drug-likeness (QED) is 0.754. The Bertz CT molecular complexity index is 470. The second-order valence-electron chi connectivity index (χ2n) is 7.80. The minimum Gasteiger partial charge on any atom is -0.298 e. The number of likely N-dealkylation sites (tertiary alicyclic amines) is 1. The average molecular weight is 335 g/mol. The Balaban J connectivity index is 1.95. The topological polar surface area (TPSA) is 49.4 Å². The van der Waals surface area contributed by atoms with Crippen molar-refractivity contribution in [3.05, 3.63) is 11.8 Å². The summed E-state index contributed by atoms with van der Waals surface area (Å²) in [5, 5.41) is 2.70. The van der Waals surface area contributed by atoms with Crippen LogP contribution in [0, 0.1) is 17.8 Å². The first-order valence-electron chi connectivity index (χ1n) is 9.85. The number of nitrogens with zero attached hydrogens (tertiary/aromatic N) is 1. The minimum absolute atomic E-state index is 0.0396. The van der Waals surface area contributed by atoms with E-state index >= 15 is 0 Å². The minimum atomic E-state index is -0.205. The van der Waals surface area contributed by atoms with E-state index < -0.39 is 0 Å². The van der Waals surface area contributed by atoms with E-state index in [1.165, 1.54) is 19.3 Å². The fraction of sp³-hybridized carbons (Fsp3) is 0.800. The van der Waals surface area contributed by atoms with Gasteiger partial charge in [-0.1, -0.05) is 39.7 Å². The lowest BCUT2D eigenvalue weighted by atomic mass is 9.85. The average Bonchev–Trinajstić information content (AvgIpc) is 2.57. The van der Waals surface area contributed by atoms with Crippen molar-refractivity contribution in [1.82, 2.24) is 10.2 Å². The third-order valence-electron chi connectivity index (χ3n) is 5.35. The first-order valence-corrected chi connectivity index (χ1v) is 9.85. The van der Waals surface area contributed by atoms with E-state index in [0.29, 0.717) is 11.8 Å². The molecule has 3 amide bonds. The number of fused-ring (bicyclic) bond motifs is 1. The van der Waals surface area contributed by atoms with E-state index in [9.17, 15) is 9.59 Å². The maximum absolute atomic E-state index is 12.7. The highest BCUT2D eigenvalue weighted by Gasteiger charge is 2.31. The second-order valence-corrected chi connectivity index (χ2v) is 7.80. The number of nitrogens with one attached hydrogen (secondary N) is 1. The molecule has 1 unspecified atom stereocenters. The van der Waals surface area contributed by atoms with Gasteiger partial charge in [0.05, 0.1) is 0 Å². The molecule has 24 heavy (non-hydrogen) atoms. The van der Waals surface area contributed by atoms with Crippen LogP contribution in [-0.4, -0.2) is 23.4 Å². The van der Waals surface area contributed by atoms with Crippen molar-refractivity contribution in [3.8, 4) is 0 Å². The number of piperidine rings is 1. The highest BCUT2D eigenvalue weighted by atomic mass is 16.2. The van der Waals surface area contributed by atoms with E-state index in [-0.39, 0.29) is 17.9 Å². The van der Waals surface area contributed by atoms with E-state index in [4.69, 9.17) is 0 Å². The van der Waals surface area contributed by atoms with Gasteiger partial charge in [0.15, 0.2) is 0 Å². The number of carbonyl (C=O) groups excluding carboxylic acids is 2. The zero-order valence-corrected chi connectivity index (χ0v) is 15.6. The largest absolute Gasteiger partial charge is 0.328 e. The number of hydrogen-bond donors (Lipinski definition) is 1. The van der Waals surface area contributed by atoms with Crippen LogP contribution in [0.15, 0.2) is 11.8 Å². The van der Waals surface area contributed by atoms with Crippen LogP contribution in [-0.2, 0) is 4.79 Å². The van der Waals surface area contributed by atoms with Gasteiger partial charge in [0.1, 0.15) is 0 Å². The SMILES string of the molecule is CCC[C@@H](CCC(C)C)C(=O)NC(=O)N1CCCC2CCCC=C21. The summed E-state index contributed by atoms with van der Waals surface area (Å²) in [6.45, 7) is 7.19. The molecule has 2 rings (SSSR count). The first-order chi connectivity index (χ1) is 11.5. The molecule has 2 atom stereocenters. The van der Waals surface area contributed by atoms with E-state index in [1.54, 1.807) is 0 Å².